The highest BCUT2D eigenvalue weighted by atomic mass is 35.5. The standard InChI is InChI=1S/C20H16ClFN2O2S2/c1-11-8-17(24-19(25)15-7-6-12(22)9-16(15)21)28-18(11)20(26)23-13-4-3-5-14(10-13)27-2/h3-10H,1-2H3,(H,23,26)(H,24,25). The molecule has 0 saturated carbocycles. The van der Waals surface area contributed by atoms with Crippen LogP contribution in [0.4, 0.5) is 15.1 Å². The summed E-state index contributed by atoms with van der Waals surface area (Å²) >= 11 is 8.68. The summed E-state index contributed by atoms with van der Waals surface area (Å²) in [5.41, 5.74) is 1.60. The number of benzene rings is 2. The van der Waals surface area contributed by atoms with Gasteiger partial charge in [0.15, 0.2) is 0 Å². The molecule has 2 N–H and O–H groups in total. The first kappa shape index (κ1) is 20.4. The second-order valence-electron chi connectivity index (χ2n) is 5.89. The minimum atomic E-state index is -0.516. The van der Waals surface area contributed by atoms with Crippen LogP contribution in [0.5, 0.6) is 0 Å². The van der Waals surface area contributed by atoms with Crippen molar-refractivity contribution in [1.29, 1.82) is 0 Å². The van der Waals surface area contributed by atoms with Gasteiger partial charge in [-0.05, 0) is 61.2 Å². The van der Waals surface area contributed by atoms with E-state index in [0.29, 0.717) is 15.6 Å². The van der Waals surface area contributed by atoms with Crippen LogP contribution in [-0.4, -0.2) is 18.1 Å². The quantitative estimate of drug-likeness (QED) is 0.479. The lowest BCUT2D eigenvalue weighted by molar-refractivity contribution is 0.102. The van der Waals surface area contributed by atoms with Gasteiger partial charge in [0, 0.05) is 10.6 Å². The molecular weight excluding hydrogens is 419 g/mol. The molecule has 0 saturated heterocycles. The van der Waals surface area contributed by atoms with Crippen molar-refractivity contribution in [2.45, 2.75) is 11.8 Å². The van der Waals surface area contributed by atoms with E-state index in [9.17, 15) is 14.0 Å². The van der Waals surface area contributed by atoms with Crippen molar-refractivity contribution in [3.8, 4) is 0 Å². The fourth-order valence-electron chi connectivity index (χ4n) is 2.51. The Morgan fingerprint density at radius 1 is 1.07 bits per heavy atom. The van der Waals surface area contributed by atoms with Crippen LogP contribution in [0.2, 0.25) is 5.02 Å². The van der Waals surface area contributed by atoms with Crippen molar-refractivity contribution in [1.82, 2.24) is 0 Å². The maximum atomic E-state index is 13.1. The third kappa shape index (κ3) is 4.73. The summed E-state index contributed by atoms with van der Waals surface area (Å²) in [6, 6.07) is 12.8. The third-order valence-electron chi connectivity index (χ3n) is 3.86. The van der Waals surface area contributed by atoms with Gasteiger partial charge < -0.3 is 10.6 Å². The topological polar surface area (TPSA) is 58.2 Å². The number of aryl methyl sites for hydroxylation is 1. The first-order chi connectivity index (χ1) is 13.4. The molecule has 144 valence electrons. The molecule has 1 heterocycles. The molecule has 0 aliphatic rings. The minimum absolute atomic E-state index is 0.0254. The Labute approximate surface area is 175 Å². The van der Waals surface area contributed by atoms with Crippen LogP contribution >= 0.6 is 34.7 Å². The number of halogens is 2. The summed E-state index contributed by atoms with van der Waals surface area (Å²) in [7, 11) is 0. The van der Waals surface area contributed by atoms with E-state index in [2.05, 4.69) is 10.6 Å². The number of hydrogen-bond donors (Lipinski definition) is 2. The number of anilines is 2. The summed E-state index contributed by atoms with van der Waals surface area (Å²) in [5.74, 6) is -1.23. The SMILES string of the molecule is CSc1cccc(NC(=O)c2sc(NC(=O)c3ccc(F)cc3Cl)cc2C)c1. The molecule has 0 unspecified atom stereocenters. The highest BCUT2D eigenvalue weighted by Crippen LogP contribution is 2.29. The Morgan fingerprint density at radius 3 is 2.57 bits per heavy atom. The molecule has 0 spiro atoms. The van der Waals surface area contributed by atoms with Gasteiger partial charge in [-0.3, -0.25) is 9.59 Å². The monoisotopic (exact) mass is 434 g/mol. The summed E-state index contributed by atoms with van der Waals surface area (Å²) in [6.45, 7) is 1.80. The number of carbonyl (C=O) groups excluding carboxylic acids is 2. The summed E-state index contributed by atoms with van der Waals surface area (Å²) in [6.07, 6.45) is 1.96. The van der Waals surface area contributed by atoms with E-state index in [1.54, 1.807) is 24.8 Å². The number of nitrogens with one attached hydrogen (secondary N) is 2. The number of amides is 2. The molecule has 0 bridgehead atoms. The van der Waals surface area contributed by atoms with Gasteiger partial charge in [-0.25, -0.2) is 4.39 Å². The smallest absolute Gasteiger partial charge is 0.266 e. The lowest BCUT2D eigenvalue weighted by Gasteiger charge is -2.06. The minimum Gasteiger partial charge on any atom is -0.321 e. The summed E-state index contributed by atoms with van der Waals surface area (Å²) in [5, 5.41) is 6.11. The van der Waals surface area contributed by atoms with E-state index in [0.717, 1.165) is 27.9 Å². The maximum absolute atomic E-state index is 13.1. The van der Waals surface area contributed by atoms with Crippen LogP contribution in [0.1, 0.15) is 25.6 Å². The lowest BCUT2D eigenvalue weighted by Crippen LogP contribution is -2.12. The Kier molecular flexibility index (Phi) is 6.39. The largest absolute Gasteiger partial charge is 0.321 e. The molecule has 8 heteroatoms. The van der Waals surface area contributed by atoms with Crippen LogP contribution in [-0.2, 0) is 0 Å². The van der Waals surface area contributed by atoms with Crippen molar-refractivity contribution in [3.05, 3.63) is 75.4 Å². The second kappa shape index (κ2) is 8.77. The fraction of sp³-hybridized carbons (Fsp3) is 0.100. The van der Waals surface area contributed by atoms with Gasteiger partial charge in [-0.1, -0.05) is 17.7 Å². The van der Waals surface area contributed by atoms with Crippen LogP contribution < -0.4 is 10.6 Å². The predicted octanol–water partition coefficient (Wildman–Crippen LogP) is 6.08. The number of rotatable bonds is 5. The average molecular weight is 435 g/mol. The Balaban J connectivity index is 1.75. The van der Waals surface area contributed by atoms with Crippen LogP contribution in [0.15, 0.2) is 53.4 Å². The number of thiophene rings is 1. The molecule has 2 amide bonds. The van der Waals surface area contributed by atoms with Crippen molar-refractivity contribution >= 4 is 57.2 Å². The zero-order valence-corrected chi connectivity index (χ0v) is 17.4. The molecule has 3 aromatic rings. The van der Waals surface area contributed by atoms with Gasteiger partial charge >= 0.3 is 0 Å². The highest BCUT2D eigenvalue weighted by molar-refractivity contribution is 7.98. The zero-order chi connectivity index (χ0) is 20.3. The first-order valence-electron chi connectivity index (χ1n) is 8.19. The van der Waals surface area contributed by atoms with Gasteiger partial charge in [0.2, 0.25) is 0 Å². The normalized spacial score (nSPS) is 10.6. The Morgan fingerprint density at radius 2 is 1.86 bits per heavy atom. The molecule has 0 aliphatic carbocycles. The van der Waals surface area contributed by atoms with Crippen LogP contribution in [0, 0.1) is 12.7 Å². The lowest BCUT2D eigenvalue weighted by atomic mass is 10.2. The average Bonchev–Trinajstić information content (AvgIpc) is 3.02. The van der Waals surface area contributed by atoms with Crippen LogP contribution in [0.3, 0.4) is 0 Å². The highest BCUT2D eigenvalue weighted by Gasteiger charge is 2.17. The Bertz CT molecular complexity index is 1050. The van der Waals surface area contributed by atoms with E-state index in [-0.39, 0.29) is 16.5 Å². The van der Waals surface area contributed by atoms with E-state index in [1.807, 2.05) is 30.5 Å². The van der Waals surface area contributed by atoms with E-state index < -0.39 is 11.7 Å². The molecule has 1 aromatic heterocycles. The number of thioether (sulfide) groups is 1. The van der Waals surface area contributed by atoms with Crippen molar-refractivity contribution in [2.24, 2.45) is 0 Å². The molecule has 0 aliphatic heterocycles. The second-order valence-corrected chi connectivity index (χ2v) is 8.23. The van der Waals surface area contributed by atoms with Gasteiger partial charge in [-0.2, -0.15) is 0 Å². The fourth-order valence-corrected chi connectivity index (χ4v) is 4.19. The maximum Gasteiger partial charge on any atom is 0.266 e. The van der Waals surface area contributed by atoms with Gasteiger partial charge in [-0.15, -0.1) is 23.1 Å². The summed E-state index contributed by atoms with van der Waals surface area (Å²) < 4.78 is 13.1. The molecule has 0 fully saturated rings. The van der Waals surface area contributed by atoms with Gasteiger partial charge in [0.05, 0.1) is 20.5 Å². The van der Waals surface area contributed by atoms with E-state index in [4.69, 9.17) is 11.6 Å². The van der Waals surface area contributed by atoms with Gasteiger partial charge in [0.1, 0.15) is 5.82 Å². The van der Waals surface area contributed by atoms with Crippen LogP contribution in [0.25, 0.3) is 0 Å². The molecule has 4 nitrogen and oxygen atoms in total. The van der Waals surface area contributed by atoms with Gasteiger partial charge in [0.25, 0.3) is 11.8 Å². The molecule has 2 aromatic carbocycles. The molecule has 0 atom stereocenters. The first-order valence-corrected chi connectivity index (χ1v) is 10.6. The number of hydrogen-bond acceptors (Lipinski definition) is 4. The molecule has 28 heavy (non-hydrogen) atoms. The van der Waals surface area contributed by atoms with E-state index >= 15 is 0 Å². The molecular formula is C20H16ClFN2O2S2. The third-order valence-corrected chi connectivity index (χ3v) is 6.05. The van der Waals surface area contributed by atoms with Crippen molar-refractivity contribution < 1.29 is 14.0 Å². The predicted molar refractivity (Wildman–Crippen MR) is 115 cm³/mol. The number of carbonyl (C=O) groups is 2. The zero-order valence-electron chi connectivity index (χ0n) is 15.0. The van der Waals surface area contributed by atoms with Crippen molar-refractivity contribution in [2.75, 3.05) is 16.9 Å². The van der Waals surface area contributed by atoms with E-state index in [1.165, 1.54) is 12.1 Å². The molecule has 3 rings (SSSR count). The summed E-state index contributed by atoms with van der Waals surface area (Å²) in [4.78, 5) is 26.5. The molecule has 0 radical (unpaired) electrons. The Hall–Kier alpha value is -2.35. The van der Waals surface area contributed by atoms with Crippen molar-refractivity contribution in [3.63, 3.8) is 0 Å².